The number of rotatable bonds is 5. The molecule has 4 aromatic rings. The molecule has 0 unspecified atom stereocenters. The standard InChI is InChI=1S/C26H21NO2/c28-25-17-23(20-9-5-2-6-10-20)15-16-24(25)21-11-13-22(14-12-21)26(29)27-18-19-7-3-1-4-8-19/h1-17,28H,18H2,(H,27,29). The number of aromatic hydroxyl groups is 1. The zero-order chi connectivity index (χ0) is 20.1. The summed E-state index contributed by atoms with van der Waals surface area (Å²) >= 11 is 0. The Morgan fingerprint density at radius 3 is 1.97 bits per heavy atom. The Balaban J connectivity index is 1.48. The SMILES string of the molecule is O=C(NCc1ccccc1)c1ccc(-c2ccc(-c3ccccc3)cc2O)cc1. The molecule has 0 radical (unpaired) electrons. The van der Waals surface area contributed by atoms with Gasteiger partial charge in [-0.2, -0.15) is 0 Å². The van der Waals surface area contributed by atoms with E-state index in [9.17, 15) is 9.90 Å². The number of amides is 1. The van der Waals surface area contributed by atoms with E-state index in [2.05, 4.69) is 5.32 Å². The van der Waals surface area contributed by atoms with E-state index in [4.69, 9.17) is 0 Å². The van der Waals surface area contributed by atoms with E-state index in [-0.39, 0.29) is 11.7 Å². The van der Waals surface area contributed by atoms with Crippen LogP contribution in [0.2, 0.25) is 0 Å². The van der Waals surface area contributed by atoms with Crippen molar-refractivity contribution in [2.24, 2.45) is 0 Å². The van der Waals surface area contributed by atoms with Gasteiger partial charge in [0.25, 0.3) is 5.91 Å². The second kappa shape index (κ2) is 8.44. The van der Waals surface area contributed by atoms with Crippen LogP contribution >= 0.6 is 0 Å². The van der Waals surface area contributed by atoms with Crippen molar-refractivity contribution in [3.8, 4) is 28.0 Å². The lowest BCUT2D eigenvalue weighted by Gasteiger charge is -2.09. The van der Waals surface area contributed by atoms with E-state index in [1.807, 2.05) is 84.9 Å². The Labute approximate surface area is 170 Å². The van der Waals surface area contributed by atoms with Crippen molar-refractivity contribution in [2.45, 2.75) is 6.54 Å². The third-order valence-corrected chi connectivity index (χ3v) is 4.86. The fourth-order valence-corrected chi connectivity index (χ4v) is 3.27. The summed E-state index contributed by atoms with van der Waals surface area (Å²) in [5, 5.41) is 13.4. The van der Waals surface area contributed by atoms with Crippen LogP contribution in [0.25, 0.3) is 22.3 Å². The van der Waals surface area contributed by atoms with Crippen LogP contribution in [0.3, 0.4) is 0 Å². The molecule has 3 nitrogen and oxygen atoms in total. The molecule has 142 valence electrons. The van der Waals surface area contributed by atoms with E-state index in [1.165, 1.54) is 0 Å². The fraction of sp³-hybridized carbons (Fsp3) is 0.0385. The quantitative estimate of drug-likeness (QED) is 0.470. The lowest BCUT2D eigenvalue weighted by molar-refractivity contribution is 0.0951. The molecule has 0 aromatic heterocycles. The minimum Gasteiger partial charge on any atom is -0.507 e. The number of carbonyl (C=O) groups is 1. The first-order valence-electron chi connectivity index (χ1n) is 9.52. The molecule has 0 aliphatic heterocycles. The molecule has 29 heavy (non-hydrogen) atoms. The van der Waals surface area contributed by atoms with Gasteiger partial charge in [-0.05, 0) is 40.5 Å². The molecule has 1 amide bonds. The molecule has 0 atom stereocenters. The number of phenolic OH excluding ortho intramolecular Hbond substituents is 1. The largest absolute Gasteiger partial charge is 0.507 e. The van der Waals surface area contributed by atoms with Gasteiger partial charge in [-0.3, -0.25) is 4.79 Å². The van der Waals surface area contributed by atoms with Crippen LogP contribution in [0, 0.1) is 0 Å². The highest BCUT2D eigenvalue weighted by Crippen LogP contribution is 2.33. The fourth-order valence-electron chi connectivity index (χ4n) is 3.27. The normalized spacial score (nSPS) is 10.5. The van der Waals surface area contributed by atoms with Crippen molar-refractivity contribution in [2.75, 3.05) is 0 Å². The number of benzene rings is 4. The number of hydrogen-bond donors (Lipinski definition) is 2. The molecule has 0 fully saturated rings. The maximum absolute atomic E-state index is 12.4. The third-order valence-electron chi connectivity index (χ3n) is 4.86. The number of hydrogen-bond acceptors (Lipinski definition) is 2. The summed E-state index contributed by atoms with van der Waals surface area (Å²) in [6.45, 7) is 0.489. The average Bonchev–Trinajstić information content (AvgIpc) is 2.79. The van der Waals surface area contributed by atoms with Gasteiger partial charge in [0.2, 0.25) is 0 Å². The van der Waals surface area contributed by atoms with Crippen LogP contribution in [-0.4, -0.2) is 11.0 Å². The predicted molar refractivity (Wildman–Crippen MR) is 117 cm³/mol. The van der Waals surface area contributed by atoms with E-state index >= 15 is 0 Å². The number of phenols is 1. The lowest BCUT2D eigenvalue weighted by Crippen LogP contribution is -2.22. The molecule has 0 aliphatic rings. The summed E-state index contributed by atoms with van der Waals surface area (Å²) < 4.78 is 0. The topological polar surface area (TPSA) is 49.3 Å². The first-order chi connectivity index (χ1) is 14.2. The van der Waals surface area contributed by atoms with Gasteiger partial charge in [-0.1, -0.05) is 84.9 Å². The summed E-state index contributed by atoms with van der Waals surface area (Å²) in [5.41, 5.74) is 5.26. The molecule has 4 rings (SSSR count). The minimum absolute atomic E-state index is 0.121. The van der Waals surface area contributed by atoms with Gasteiger partial charge in [0.15, 0.2) is 0 Å². The molecule has 4 aromatic carbocycles. The molecular formula is C26H21NO2. The lowest BCUT2D eigenvalue weighted by atomic mass is 9.98. The minimum atomic E-state index is -0.121. The van der Waals surface area contributed by atoms with Crippen LogP contribution in [0.5, 0.6) is 5.75 Å². The van der Waals surface area contributed by atoms with Crippen molar-refractivity contribution in [1.29, 1.82) is 0 Å². The molecule has 2 N–H and O–H groups in total. The van der Waals surface area contributed by atoms with Crippen molar-refractivity contribution >= 4 is 5.91 Å². The molecule has 0 saturated heterocycles. The van der Waals surface area contributed by atoms with Gasteiger partial charge >= 0.3 is 0 Å². The molecule has 0 aliphatic carbocycles. The Kier molecular flexibility index (Phi) is 5.39. The van der Waals surface area contributed by atoms with E-state index in [1.54, 1.807) is 18.2 Å². The maximum Gasteiger partial charge on any atom is 0.251 e. The van der Waals surface area contributed by atoms with Crippen molar-refractivity contribution in [1.82, 2.24) is 5.32 Å². The van der Waals surface area contributed by atoms with Crippen molar-refractivity contribution in [3.05, 3.63) is 114 Å². The van der Waals surface area contributed by atoms with Gasteiger partial charge in [-0.25, -0.2) is 0 Å². The van der Waals surface area contributed by atoms with Gasteiger partial charge < -0.3 is 10.4 Å². The van der Waals surface area contributed by atoms with Gasteiger partial charge in [0.05, 0.1) is 0 Å². The second-order valence-corrected chi connectivity index (χ2v) is 6.84. The van der Waals surface area contributed by atoms with Crippen LogP contribution < -0.4 is 5.32 Å². The summed E-state index contributed by atoms with van der Waals surface area (Å²) in [5.74, 6) is 0.0942. The first-order valence-corrected chi connectivity index (χ1v) is 9.52. The molecule has 0 heterocycles. The summed E-state index contributed by atoms with van der Waals surface area (Å²) in [7, 11) is 0. The van der Waals surface area contributed by atoms with Crippen LogP contribution in [-0.2, 0) is 6.54 Å². The molecule has 0 spiro atoms. The summed E-state index contributed by atoms with van der Waals surface area (Å²) in [6.07, 6.45) is 0. The van der Waals surface area contributed by atoms with Crippen molar-refractivity contribution in [3.63, 3.8) is 0 Å². The molecule has 3 heteroatoms. The van der Waals surface area contributed by atoms with E-state index in [0.717, 1.165) is 27.8 Å². The molecule has 0 bridgehead atoms. The van der Waals surface area contributed by atoms with Crippen LogP contribution in [0.4, 0.5) is 0 Å². The van der Waals surface area contributed by atoms with E-state index < -0.39 is 0 Å². The van der Waals surface area contributed by atoms with Gasteiger partial charge in [-0.15, -0.1) is 0 Å². The van der Waals surface area contributed by atoms with Gasteiger partial charge in [0, 0.05) is 17.7 Å². The molecular weight excluding hydrogens is 358 g/mol. The maximum atomic E-state index is 12.4. The van der Waals surface area contributed by atoms with E-state index in [0.29, 0.717) is 12.1 Å². The number of nitrogens with one attached hydrogen (secondary N) is 1. The zero-order valence-corrected chi connectivity index (χ0v) is 15.9. The van der Waals surface area contributed by atoms with Crippen LogP contribution in [0.15, 0.2) is 103 Å². The second-order valence-electron chi connectivity index (χ2n) is 6.84. The smallest absolute Gasteiger partial charge is 0.251 e. The zero-order valence-electron chi connectivity index (χ0n) is 15.9. The highest BCUT2D eigenvalue weighted by atomic mass is 16.3. The highest BCUT2D eigenvalue weighted by Gasteiger charge is 2.09. The van der Waals surface area contributed by atoms with Gasteiger partial charge in [0.1, 0.15) is 5.75 Å². The predicted octanol–water partition coefficient (Wildman–Crippen LogP) is 5.66. The Bertz CT molecular complexity index is 1100. The average molecular weight is 379 g/mol. The Morgan fingerprint density at radius 1 is 0.690 bits per heavy atom. The third kappa shape index (κ3) is 4.36. The molecule has 0 saturated carbocycles. The van der Waals surface area contributed by atoms with Crippen molar-refractivity contribution < 1.29 is 9.90 Å². The van der Waals surface area contributed by atoms with Crippen LogP contribution in [0.1, 0.15) is 15.9 Å². The Morgan fingerprint density at radius 2 is 1.31 bits per heavy atom. The number of carbonyl (C=O) groups excluding carboxylic acids is 1. The highest BCUT2D eigenvalue weighted by molar-refractivity contribution is 5.94. The summed E-state index contributed by atoms with van der Waals surface area (Å²) in [4.78, 5) is 12.4. The Hall–Kier alpha value is -3.85. The first kappa shape index (κ1) is 18.5. The monoisotopic (exact) mass is 379 g/mol. The summed E-state index contributed by atoms with van der Waals surface area (Å²) in [6, 6.07) is 32.7.